The molecule has 1 amide bonds. The standard InChI is InChI=1S/C17H22N6O/c1-12-21-15(19-8-9-20-17(24)10-13-5-6-13)11-16(22-12)23-14-4-2-3-7-18-14/h2-4,7,11,13H,5-6,8-10H2,1H3,(H,20,24)(H2,18,19,21,22,23). The Morgan fingerprint density at radius 2 is 2.00 bits per heavy atom. The molecule has 0 radical (unpaired) electrons. The van der Waals surface area contributed by atoms with Gasteiger partial charge in [0.25, 0.3) is 0 Å². The predicted octanol–water partition coefficient (Wildman–Crippen LogP) is 2.25. The molecule has 0 aromatic carbocycles. The maximum absolute atomic E-state index is 11.6. The predicted molar refractivity (Wildman–Crippen MR) is 93.1 cm³/mol. The van der Waals surface area contributed by atoms with E-state index in [1.165, 1.54) is 12.8 Å². The first kappa shape index (κ1) is 16.2. The van der Waals surface area contributed by atoms with E-state index in [9.17, 15) is 4.79 Å². The lowest BCUT2D eigenvalue weighted by Gasteiger charge is -2.10. The molecule has 7 nitrogen and oxygen atoms in total. The minimum atomic E-state index is 0.135. The number of amides is 1. The van der Waals surface area contributed by atoms with Crippen molar-refractivity contribution in [2.75, 3.05) is 23.7 Å². The van der Waals surface area contributed by atoms with Gasteiger partial charge < -0.3 is 16.0 Å². The molecule has 0 aliphatic heterocycles. The Kier molecular flexibility index (Phi) is 5.20. The first-order chi connectivity index (χ1) is 11.7. The number of rotatable bonds is 8. The smallest absolute Gasteiger partial charge is 0.220 e. The van der Waals surface area contributed by atoms with Crippen LogP contribution in [0.5, 0.6) is 0 Å². The number of aryl methyl sites for hydroxylation is 1. The number of aromatic nitrogens is 3. The Hall–Kier alpha value is -2.70. The number of pyridine rings is 1. The third-order valence-electron chi connectivity index (χ3n) is 3.68. The van der Waals surface area contributed by atoms with Gasteiger partial charge in [-0.1, -0.05) is 6.07 Å². The van der Waals surface area contributed by atoms with Crippen LogP contribution in [0.15, 0.2) is 30.5 Å². The van der Waals surface area contributed by atoms with Crippen LogP contribution in [0.2, 0.25) is 0 Å². The van der Waals surface area contributed by atoms with Crippen LogP contribution in [0, 0.1) is 12.8 Å². The molecule has 0 saturated heterocycles. The molecule has 1 aliphatic rings. The Balaban J connectivity index is 1.48. The minimum Gasteiger partial charge on any atom is -0.368 e. The van der Waals surface area contributed by atoms with E-state index in [1.807, 2.05) is 31.2 Å². The minimum absolute atomic E-state index is 0.135. The highest BCUT2D eigenvalue weighted by molar-refractivity contribution is 5.76. The van der Waals surface area contributed by atoms with Crippen molar-refractivity contribution < 1.29 is 4.79 Å². The molecule has 0 unspecified atom stereocenters. The number of anilines is 3. The lowest BCUT2D eigenvalue weighted by Crippen LogP contribution is -2.29. The molecule has 3 rings (SSSR count). The molecular weight excluding hydrogens is 304 g/mol. The zero-order valence-corrected chi connectivity index (χ0v) is 13.7. The second-order valence-electron chi connectivity index (χ2n) is 5.95. The van der Waals surface area contributed by atoms with Crippen molar-refractivity contribution in [3.05, 3.63) is 36.3 Å². The highest BCUT2D eigenvalue weighted by Gasteiger charge is 2.23. The van der Waals surface area contributed by atoms with Crippen LogP contribution < -0.4 is 16.0 Å². The summed E-state index contributed by atoms with van der Waals surface area (Å²) in [5, 5.41) is 9.28. The lowest BCUT2D eigenvalue weighted by atomic mass is 10.3. The fourth-order valence-electron chi connectivity index (χ4n) is 2.34. The van der Waals surface area contributed by atoms with Gasteiger partial charge in [0.15, 0.2) is 0 Å². The summed E-state index contributed by atoms with van der Waals surface area (Å²) in [5.41, 5.74) is 0. The average molecular weight is 326 g/mol. The molecule has 1 saturated carbocycles. The molecule has 3 N–H and O–H groups in total. The highest BCUT2D eigenvalue weighted by Crippen LogP contribution is 2.31. The molecule has 24 heavy (non-hydrogen) atoms. The maximum Gasteiger partial charge on any atom is 0.220 e. The van der Waals surface area contributed by atoms with Gasteiger partial charge in [-0.25, -0.2) is 15.0 Å². The number of hydrogen-bond donors (Lipinski definition) is 3. The van der Waals surface area contributed by atoms with Gasteiger partial charge in [-0.15, -0.1) is 0 Å². The zero-order chi connectivity index (χ0) is 16.8. The van der Waals surface area contributed by atoms with Crippen LogP contribution in [-0.4, -0.2) is 33.9 Å². The third kappa shape index (κ3) is 5.19. The summed E-state index contributed by atoms with van der Waals surface area (Å²) in [4.78, 5) is 24.6. The molecule has 126 valence electrons. The van der Waals surface area contributed by atoms with E-state index >= 15 is 0 Å². The largest absolute Gasteiger partial charge is 0.368 e. The van der Waals surface area contributed by atoms with Gasteiger partial charge in [-0.2, -0.15) is 0 Å². The summed E-state index contributed by atoms with van der Waals surface area (Å²) >= 11 is 0. The van der Waals surface area contributed by atoms with Crippen molar-refractivity contribution in [3.63, 3.8) is 0 Å². The van der Waals surface area contributed by atoms with Crippen LogP contribution in [0.25, 0.3) is 0 Å². The molecule has 7 heteroatoms. The van der Waals surface area contributed by atoms with Gasteiger partial charge in [0.2, 0.25) is 5.91 Å². The van der Waals surface area contributed by atoms with Crippen molar-refractivity contribution >= 4 is 23.4 Å². The summed E-state index contributed by atoms with van der Waals surface area (Å²) in [5.74, 6) is 3.54. The highest BCUT2D eigenvalue weighted by atomic mass is 16.1. The van der Waals surface area contributed by atoms with Gasteiger partial charge in [0, 0.05) is 31.8 Å². The monoisotopic (exact) mass is 326 g/mol. The molecule has 2 heterocycles. The average Bonchev–Trinajstić information content (AvgIpc) is 3.36. The molecule has 0 spiro atoms. The molecular formula is C17H22N6O. The van der Waals surface area contributed by atoms with E-state index in [1.54, 1.807) is 6.20 Å². The summed E-state index contributed by atoms with van der Waals surface area (Å²) in [6.07, 6.45) is 4.76. The van der Waals surface area contributed by atoms with Gasteiger partial charge in [-0.05, 0) is 37.8 Å². The van der Waals surface area contributed by atoms with Crippen molar-refractivity contribution in [2.45, 2.75) is 26.2 Å². The Bertz CT molecular complexity index is 687. The Morgan fingerprint density at radius 3 is 2.75 bits per heavy atom. The van der Waals surface area contributed by atoms with Crippen LogP contribution in [-0.2, 0) is 4.79 Å². The van der Waals surface area contributed by atoms with Gasteiger partial charge >= 0.3 is 0 Å². The quantitative estimate of drug-likeness (QED) is 0.645. The first-order valence-electron chi connectivity index (χ1n) is 8.23. The maximum atomic E-state index is 11.6. The molecule has 2 aromatic heterocycles. The number of hydrogen-bond acceptors (Lipinski definition) is 6. The number of nitrogens with zero attached hydrogens (tertiary/aromatic N) is 3. The number of carbonyl (C=O) groups excluding carboxylic acids is 1. The van der Waals surface area contributed by atoms with Crippen LogP contribution in [0.1, 0.15) is 25.1 Å². The van der Waals surface area contributed by atoms with Gasteiger partial charge in [0.05, 0.1) is 0 Å². The van der Waals surface area contributed by atoms with E-state index in [-0.39, 0.29) is 5.91 Å². The Morgan fingerprint density at radius 1 is 1.17 bits per heavy atom. The van der Waals surface area contributed by atoms with Gasteiger partial charge in [-0.3, -0.25) is 4.79 Å². The second-order valence-corrected chi connectivity index (χ2v) is 5.95. The van der Waals surface area contributed by atoms with Crippen LogP contribution >= 0.6 is 0 Å². The van der Waals surface area contributed by atoms with E-state index < -0.39 is 0 Å². The van der Waals surface area contributed by atoms with E-state index in [4.69, 9.17) is 0 Å². The van der Waals surface area contributed by atoms with E-state index in [0.717, 1.165) is 11.6 Å². The summed E-state index contributed by atoms with van der Waals surface area (Å²) in [6.45, 7) is 3.04. The van der Waals surface area contributed by atoms with Crippen LogP contribution in [0.4, 0.5) is 17.5 Å². The van der Waals surface area contributed by atoms with E-state index in [2.05, 4.69) is 30.9 Å². The fourth-order valence-corrected chi connectivity index (χ4v) is 2.34. The van der Waals surface area contributed by atoms with Crippen molar-refractivity contribution in [1.29, 1.82) is 0 Å². The first-order valence-corrected chi connectivity index (χ1v) is 8.23. The second kappa shape index (κ2) is 7.72. The van der Waals surface area contributed by atoms with Crippen molar-refractivity contribution in [2.24, 2.45) is 5.92 Å². The third-order valence-corrected chi connectivity index (χ3v) is 3.68. The fraction of sp³-hybridized carbons (Fsp3) is 0.412. The molecule has 1 aliphatic carbocycles. The SMILES string of the molecule is Cc1nc(NCCNC(=O)CC2CC2)cc(Nc2ccccn2)n1. The molecule has 0 bridgehead atoms. The molecule has 0 atom stereocenters. The summed E-state index contributed by atoms with van der Waals surface area (Å²) < 4.78 is 0. The lowest BCUT2D eigenvalue weighted by molar-refractivity contribution is -0.121. The summed E-state index contributed by atoms with van der Waals surface area (Å²) in [7, 11) is 0. The Labute approximate surface area is 141 Å². The van der Waals surface area contributed by atoms with Crippen molar-refractivity contribution in [3.8, 4) is 0 Å². The molecule has 1 fully saturated rings. The summed E-state index contributed by atoms with van der Waals surface area (Å²) in [6, 6.07) is 7.47. The van der Waals surface area contributed by atoms with Crippen molar-refractivity contribution in [1.82, 2.24) is 20.3 Å². The van der Waals surface area contributed by atoms with Gasteiger partial charge in [0.1, 0.15) is 23.3 Å². The topological polar surface area (TPSA) is 91.8 Å². The van der Waals surface area contributed by atoms with Crippen LogP contribution in [0.3, 0.4) is 0 Å². The number of nitrogens with one attached hydrogen (secondary N) is 3. The van der Waals surface area contributed by atoms with E-state index in [0.29, 0.717) is 37.1 Å². The zero-order valence-electron chi connectivity index (χ0n) is 13.7. The molecule has 2 aromatic rings. The normalized spacial score (nSPS) is 13.4. The number of carbonyl (C=O) groups is 1.